The third kappa shape index (κ3) is 4.19. The van der Waals surface area contributed by atoms with Crippen molar-refractivity contribution in [2.75, 3.05) is 20.1 Å². The van der Waals surface area contributed by atoms with Crippen LogP contribution >= 0.6 is 0 Å². The van der Waals surface area contributed by atoms with Gasteiger partial charge in [0, 0.05) is 6.54 Å². The Bertz CT molecular complexity index is 331. The highest BCUT2D eigenvalue weighted by molar-refractivity contribution is 5.82. The summed E-state index contributed by atoms with van der Waals surface area (Å²) in [4.78, 5) is 11.8. The number of carbonyl (C=O) groups is 1. The molecule has 0 aromatic heterocycles. The second kappa shape index (κ2) is 7.07. The number of carbonyl (C=O) groups excluding carboxylic acids is 1. The molecule has 1 aliphatic heterocycles. The molecule has 2 unspecified atom stereocenters. The number of hydrogen-bond acceptors (Lipinski definition) is 2. The highest BCUT2D eigenvalue weighted by Crippen LogP contribution is 2.23. The Morgan fingerprint density at radius 2 is 2.35 bits per heavy atom. The molecule has 0 radical (unpaired) electrons. The first-order valence-electron chi connectivity index (χ1n) is 6.09. The highest BCUT2D eigenvalue weighted by atomic mass is 16.1. The van der Waals surface area contributed by atoms with Crippen LogP contribution in [0.3, 0.4) is 0 Å². The average Bonchev–Trinajstić information content (AvgIpc) is 2.32. The summed E-state index contributed by atoms with van der Waals surface area (Å²) in [6, 6.07) is 0. The predicted octanol–water partition coefficient (Wildman–Crippen LogP) is 1.65. The summed E-state index contributed by atoms with van der Waals surface area (Å²) in [6.45, 7) is 7.65. The van der Waals surface area contributed by atoms with Gasteiger partial charge in [-0.15, -0.1) is 0 Å². The van der Waals surface area contributed by atoms with E-state index in [1.165, 1.54) is 0 Å². The van der Waals surface area contributed by atoms with Crippen molar-refractivity contribution in [2.45, 2.75) is 13.3 Å². The Morgan fingerprint density at radius 3 is 3.00 bits per heavy atom. The largest absolute Gasteiger partial charge is 0.355 e. The predicted molar refractivity (Wildman–Crippen MR) is 71.6 cm³/mol. The Hall–Kier alpha value is -1.35. The standard InChI is InChI=1S/C14H22N2O/c1-4-5-6-7-11(2)13-8-12(9-15-3)10-16-14(13)17/h4-7,12-13,15H,2,8-10H2,1,3H3,(H,16,17)/b5-4-,7-6-. The smallest absolute Gasteiger partial charge is 0.227 e. The van der Waals surface area contributed by atoms with Crippen LogP contribution in [0.25, 0.3) is 0 Å². The highest BCUT2D eigenvalue weighted by Gasteiger charge is 2.28. The van der Waals surface area contributed by atoms with Gasteiger partial charge in [-0.1, -0.05) is 30.9 Å². The van der Waals surface area contributed by atoms with E-state index >= 15 is 0 Å². The molecule has 0 saturated carbocycles. The fourth-order valence-electron chi connectivity index (χ4n) is 2.06. The third-order valence-corrected chi connectivity index (χ3v) is 3.00. The summed E-state index contributed by atoms with van der Waals surface area (Å²) < 4.78 is 0. The van der Waals surface area contributed by atoms with Gasteiger partial charge < -0.3 is 10.6 Å². The fraction of sp³-hybridized carbons (Fsp3) is 0.500. The topological polar surface area (TPSA) is 41.1 Å². The number of rotatable bonds is 5. The zero-order chi connectivity index (χ0) is 12.7. The minimum absolute atomic E-state index is 0.0800. The van der Waals surface area contributed by atoms with Crippen molar-refractivity contribution >= 4 is 5.91 Å². The molecule has 0 aromatic carbocycles. The van der Waals surface area contributed by atoms with Gasteiger partial charge in [0.2, 0.25) is 5.91 Å². The van der Waals surface area contributed by atoms with E-state index in [1.54, 1.807) is 0 Å². The molecule has 1 heterocycles. The van der Waals surface area contributed by atoms with E-state index in [4.69, 9.17) is 0 Å². The van der Waals surface area contributed by atoms with Gasteiger partial charge in [0.25, 0.3) is 0 Å². The van der Waals surface area contributed by atoms with Crippen molar-refractivity contribution in [3.8, 4) is 0 Å². The molecule has 3 heteroatoms. The molecule has 3 nitrogen and oxygen atoms in total. The molecule has 0 aliphatic carbocycles. The quantitative estimate of drug-likeness (QED) is 0.710. The second-order valence-electron chi connectivity index (χ2n) is 4.42. The maximum atomic E-state index is 11.8. The second-order valence-corrected chi connectivity index (χ2v) is 4.42. The van der Waals surface area contributed by atoms with Crippen molar-refractivity contribution in [1.82, 2.24) is 10.6 Å². The molecule has 94 valence electrons. The van der Waals surface area contributed by atoms with E-state index in [2.05, 4.69) is 17.2 Å². The van der Waals surface area contributed by atoms with E-state index in [-0.39, 0.29) is 11.8 Å². The molecule has 1 saturated heterocycles. The van der Waals surface area contributed by atoms with E-state index in [0.717, 1.165) is 25.1 Å². The Labute approximate surface area is 104 Å². The monoisotopic (exact) mass is 234 g/mol. The first-order valence-corrected chi connectivity index (χ1v) is 6.09. The molecular weight excluding hydrogens is 212 g/mol. The lowest BCUT2D eigenvalue weighted by Gasteiger charge is -2.29. The number of nitrogens with one attached hydrogen (secondary N) is 2. The summed E-state index contributed by atoms with van der Waals surface area (Å²) in [6.07, 6.45) is 8.63. The molecule has 0 bridgehead atoms. The fourth-order valence-corrected chi connectivity index (χ4v) is 2.06. The first kappa shape index (κ1) is 13.7. The van der Waals surface area contributed by atoms with Gasteiger partial charge in [-0.2, -0.15) is 0 Å². The van der Waals surface area contributed by atoms with Gasteiger partial charge in [-0.05, 0) is 38.4 Å². The maximum absolute atomic E-state index is 11.8. The summed E-state index contributed by atoms with van der Waals surface area (Å²) >= 11 is 0. The molecule has 1 amide bonds. The molecule has 1 fully saturated rings. The summed E-state index contributed by atoms with van der Waals surface area (Å²) in [7, 11) is 1.94. The van der Waals surface area contributed by atoms with E-state index in [0.29, 0.717) is 5.92 Å². The van der Waals surface area contributed by atoms with E-state index < -0.39 is 0 Å². The van der Waals surface area contributed by atoms with Crippen LogP contribution in [0.2, 0.25) is 0 Å². The number of piperidine rings is 1. The lowest BCUT2D eigenvalue weighted by molar-refractivity contribution is -0.126. The van der Waals surface area contributed by atoms with Crippen molar-refractivity contribution < 1.29 is 4.79 Å². The van der Waals surface area contributed by atoms with Crippen LogP contribution in [-0.2, 0) is 4.79 Å². The first-order chi connectivity index (χ1) is 8.19. The van der Waals surface area contributed by atoms with Crippen molar-refractivity contribution in [3.05, 3.63) is 36.5 Å². The molecular formula is C14H22N2O. The molecule has 0 aromatic rings. The van der Waals surface area contributed by atoms with Crippen molar-refractivity contribution in [1.29, 1.82) is 0 Å². The number of hydrogen-bond donors (Lipinski definition) is 2. The molecule has 1 rings (SSSR count). The van der Waals surface area contributed by atoms with Gasteiger partial charge in [0.15, 0.2) is 0 Å². The van der Waals surface area contributed by atoms with Gasteiger partial charge in [0.1, 0.15) is 0 Å². The SMILES string of the molecule is C=C(/C=C\C=C/C)C1CC(CNC)CNC1=O. The van der Waals surface area contributed by atoms with Crippen LogP contribution in [-0.4, -0.2) is 26.0 Å². The summed E-state index contributed by atoms with van der Waals surface area (Å²) in [5, 5.41) is 6.10. The van der Waals surface area contributed by atoms with Crippen LogP contribution in [0.4, 0.5) is 0 Å². The van der Waals surface area contributed by atoms with Crippen molar-refractivity contribution in [2.24, 2.45) is 11.8 Å². The van der Waals surface area contributed by atoms with Gasteiger partial charge in [-0.3, -0.25) is 4.79 Å². The van der Waals surface area contributed by atoms with Gasteiger partial charge in [-0.25, -0.2) is 0 Å². The minimum Gasteiger partial charge on any atom is -0.355 e. The zero-order valence-electron chi connectivity index (χ0n) is 10.7. The lowest BCUT2D eigenvalue weighted by atomic mass is 9.85. The van der Waals surface area contributed by atoms with Gasteiger partial charge in [0.05, 0.1) is 5.92 Å². The number of amides is 1. The average molecular weight is 234 g/mol. The third-order valence-electron chi connectivity index (χ3n) is 3.00. The van der Waals surface area contributed by atoms with E-state index in [9.17, 15) is 4.79 Å². The van der Waals surface area contributed by atoms with E-state index in [1.807, 2.05) is 38.3 Å². The molecule has 17 heavy (non-hydrogen) atoms. The van der Waals surface area contributed by atoms with Crippen molar-refractivity contribution in [3.63, 3.8) is 0 Å². The molecule has 2 atom stereocenters. The van der Waals surface area contributed by atoms with Crippen LogP contribution in [0, 0.1) is 11.8 Å². The summed E-state index contributed by atoms with van der Waals surface area (Å²) in [5.41, 5.74) is 0.890. The van der Waals surface area contributed by atoms with Gasteiger partial charge >= 0.3 is 0 Å². The Balaban J connectivity index is 2.60. The maximum Gasteiger partial charge on any atom is 0.227 e. The van der Waals surface area contributed by atoms with Crippen LogP contribution < -0.4 is 10.6 Å². The van der Waals surface area contributed by atoms with Crippen LogP contribution in [0.15, 0.2) is 36.5 Å². The Morgan fingerprint density at radius 1 is 1.59 bits per heavy atom. The molecule has 0 spiro atoms. The minimum atomic E-state index is -0.0800. The number of allylic oxidation sites excluding steroid dienone is 4. The molecule has 1 aliphatic rings. The molecule has 2 N–H and O–H groups in total. The lowest BCUT2D eigenvalue weighted by Crippen LogP contribution is -2.44. The Kier molecular flexibility index (Phi) is 5.70. The normalized spacial score (nSPS) is 25.4. The zero-order valence-corrected chi connectivity index (χ0v) is 10.7. The van der Waals surface area contributed by atoms with Crippen LogP contribution in [0.5, 0.6) is 0 Å². The van der Waals surface area contributed by atoms with Crippen LogP contribution in [0.1, 0.15) is 13.3 Å². The summed E-state index contributed by atoms with van der Waals surface area (Å²) in [5.74, 6) is 0.519.